The lowest BCUT2D eigenvalue weighted by atomic mass is 9.96. The number of aryl methyl sites for hydroxylation is 1. The fourth-order valence-corrected chi connectivity index (χ4v) is 5.18. The maximum absolute atomic E-state index is 12.4. The lowest BCUT2D eigenvalue weighted by molar-refractivity contribution is 0.316. The molecular weight excluding hydrogens is 334 g/mol. The smallest absolute Gasteiger partial charge is 0.225 e. The van der Waals surface area contributed by atoms with Crippen LogP contribution in [0.15, 0.2) is 16.3 Å². The summed E-state index contributed by atoms with van der Waals surface area (Å²) < 4.78 is 29.5. The second-order valence-corrected chi connectivity index (χ2v) is 8.89. The summed E-state index contributed by atoms with van der Waals surface area (Å²) in [5.74, 6) is 0.577. The average Bonchev–Trinajstić information content (AvgIpc) is 3.23. The van der Waals surface area contributed by atoms with E-state index in [1.165, 1.54) is 30.6 Å². The molecule has 1 aliphatic carbocycles. The zero-order valence-electron chi connectivity index (χ0n) is 13.1. The molecule has 0 amide bonds. The van der Waals surface area contributed by atoms with Crippen LogP contribution in [0.4, 0.5) is 0 Å². The van der Waals surface area contributed by atoms with Gasteiger partial charge in [0.1, 0.15) is 4.21 Å². The molecule has 1 aliphatic rings. The normalized spacial score (nSPS) is 16.7. The first-order valence-electron chi connectivity index (χ1n) is 7.95. The second-order valence-electron chi connectivity index (χ2n) is 5.73. The zero-order valence-corrected chi connectivity index (χ0v) is 14.7. The maximum Gasteiger partial charge on any atom is 0.250 e. The molecule has 7 nitrogen and oxygen atoms in total. The molecule has 2 aromatic rings. The van der Waals surface area contributed by atoms with Gasteiger partial charge in [0.15, 0.2) is 5.82 Å². The number of hydrogen-bond acceptors (Lipinski definition) is 6. The Morgan fingerprint density at radius 1 is 1.30 bits per heavy atom. The number of tetrazole rings is 1. The largest absolute Gasteiger partial charge is 0.250 e. The fourth-order valence-electron chi connectivity index (χ4n) is 2.86. The van der Waals surface area contributed by atoms with Crippen LogP contribution in [-0.4, -0.2) is 28.6 Å². The summed E-state index contributed by atoms with van der Waals surface area (Å²) in [6.07, 6.45) is 6.53. The van der Waals surface area contributed by atoms with Gasteiger partial charge in [0.2, 0.25) is 10.0 Å². The lowest BCUT2D eigenvalue weighted by Crippen LogP contribution is -2.26. The van der Waals surface area contributed by atoms with E-state index >= 15 is 0 Å². The van der Waals surface area contributed by atoms with E-state index in [0.717, 1.165) is 24.1 Å². The molecule has 0 radical (unpaired) electrons. The Balaban J connectivity index is 1.69. The van der Waals surface area contributed by atoms with Crippen molar-refractivity contribution in [2.45, 2.75) is 62.2 Å². The van der Waals surface area contributed by atoms with Crippen LogP contribution in [0.2, 0.25) is 0 Å². The predicted molar refractivity (Wildman–Crippen MR) is 87.7 cm³/mol. The van der Waals surface area contributed by atoms with Crippen molar-refractivity contribution in [3.05, 3.63) is 22.8 Å². The third kappa shape index (κ3) is 3.78. The van der Waals surface area contributed by atoms with Crippen LogP contribution in [0.1, 0.15) is 55.8 Å². The van der Waals surface area contributed by atoms with Crippen LogP contribution in [0, 0.1) is 0 Å². The van der Waals surface area contributed by atoms with Crippen LogP contribution in [0.5, 0.6) is 0 Å². The molecule has 9 heteroatoms. The number of sulfonamides is 1. The fraction of sp³-hybridized carbons (Fsp3) is 0.643. The summed E-state index contributed by atoms with van der Waals surface area (Å²) in [5, 5.41) is 11.8. The molecule has 0 atom stereocenters. The molecule has 1 fully saturated rings. The van der Waals surface area contributed by atoms with Crippen LogP contribution < -0.4 is 4.72 Å². The molecule has 0 saturated heterocycles. The molecule has 0 aromatic carbocycles. The Morgan fingerprint density at radius 3 is 2.78 bits per heavy atom. The quantitative estimate of drug-likeness (QED) is 0.858. The van der Waals surface area contributed by atoms with Gasteiger partial charge in [-0.15, -0.1) is 16.4 Å². The van der Waals surface area contributed by atoms with E-state index in [2.05, 4.69) is 20.2 Å². The van der Waals surface area contributed by atoms with Gasteiger partial charge in [-0.05, 0) is 41.8 Å². The van der Waals surface area contributed by atoms with E-state index in [9.17, 15) is 8.42 Å². The second kappa shape index (κ2) is 7.06. The summed E-state index contributed by atoms with van der Waals surface area (Å²) in [6.45, 7) is 2.12. The van der Waals surface area contributed by atoms with Crippen LogP contribution in [0.3, 0.4) is 0 Å². The van der Waals surface area contributed by atoms with Gasteiger partial charge in [0, 0.05) is 4.88 Å². The summed E-state index contributed by atoms with van der Waals surface area (Å²) in [5.41, 5.74) is 0. The van der Waals surface area contributed by atoms with Gasteiger partial charge in [0.25, 0.3) is 0 Å². The van der Waals surface area contributed by atoms with Crippen molar-refractivity contribution in [3.63, 3.8) is 0 Å². The van der Waals surface area contributed by atoms with Crippen molar-refractivity contribution in [2.24, 2.45) is 0 Å². The van der Waals surface area contributed by atoms with Crippen molar-refractivity contribution < 1.29 is 8.42 Å². The Morgan fingerprint density at radius 2 is 2.09 bits per heavy atom. The molecule has 2 aromatic heterocycles. The number of nitrogens with zero attached hydrogens (tertiary/aromatic N) is 4. The number of hydrogen-bond donors (Lipinski definition) is 1. The van der Waals surface area contributed by atoms with E-state index < -0.39 is 10.0 Å². The summed E-state index contributed by atoms with van der Waals surface area (Å²) >= 11 is 1.30. The van der Waals surface area contributed by atoms with Crippen molar-refractivity contribution in [1.29, 1.82) is 0 Å². The highest BCUT2D eigenvalue weighted by molar-refractivity contribution is 7.91. The average molecular weight is 355 g/mol. The monoisotopic (exact) mass is 355 g/mol. The van der Waals surface area contributed by atoms with Gasteiger partial charge in [-0.25, -0.2) is 17.8 Å². The molecular formula is C14H21N5O2S2. The van der Waals surface area contributed by atoms with Crippen LogP contribution in [-0.2, 0) is 23.0 Å². The topological polar surface area (TPSA) is 89.8 Å². The minimum atomic E-state index is -3.51. The van der Waals surface area contributed by atoms with Crippen LogP contribution in [0.25, 0.3) is 0 Å². The molecule has 3 rings (SSSR count). The highest BCUT2D eigenvalue weighted by Gasteiger charge is 2.22. The van der Waals surface area contributed by atoms with Gasteiger partial charge in [-0.2, -0.15) is 0 Å². The Kier molecular flexibility index (Phi) is 5.08. The van der Waals surface area contributed by atoms with E-state index in [0.29, 0.717) is 10.0 Å². The first-order chi connectivity index (χ1) is 11.1. The summed E-state index contributed by atoms with van der Waals surface area (Å²) in [4.78, 5) is 1.05. The first-order valence-corrected chi connectivity index (χ1v) is 10.2. The number of nitrogens with one attached hydrogen (secondary N) is 1. The molecule has 126 valence electrons. The highest BCUT2D eigenvalue weighted by Crippen LogP contribution is 2.28. The third-order valence-electron chi connectivity index (χ3n) is 4.15. The molecule has 23 heavy (non-hydrogen) atoms. The Labute approximate surface area is 140 Å². The van der Waals surface area contributed by atoms with Crippen molar-refractivity contribution >= 4 is 21.4 Å². The summed E-state index contributed by atoms with van der Waals surface area (Å²) in [7, 11) is -3.51. The van der Waals surface area contributed by atoms with Gasteiger partial charge in [-0.1, -0.05) is 26.2 Å². The standard InChI is InChI=1S/C14H21N5O2S2/c1-2-12-8-9-14(22-12)23(20,21)15-10-13-16-17-18-19(13)11-6-4-3-5-7-11/h8-9,11,15H,2-7,10H2,1H3. The van der Waals surface area contributed by atoms with E-state index in [4.69, 9.17) is 0 Å². The van der Waals surface area contributed by atoms with E-state index in [-0.39, 0.29) is 12.6 Å². The van der Waals surface area contributed by atoms with Crippen molar-refractivity contribution in [2.75, 3.05) is 0 Å². The highest BCUT2D eigenvalue weighted by atomic mass is 32.2. The molecule has 0 unspecified atom stereocenters. The molecule has 2 heterocycles. The van der Waals surface area contributed by atoms with E-state index in [1.54, 1.807) is 10.7 Å². The molecule has 1 N–H and O–H groups in total. The van der Waals surface area contributed by atoms with Gasteiger partial charge >= 0.3 is 0 Å². The van der Waals surface area contributed by atoms with Crippen molar-refractivity contribution in [3.8, 4) is 0 Å². The predicted octanol–water partition coefficient (Wildman–Crippen LogP) is 2.28. The van der Waals surface area contributed by atoms with Gasteiger partial charge < -0.3 is 0 Å². The zero-order chi connectivity index (χ0) is 16.3. The Hall–Kier alpha value is -1.32. The molecule has 0 bridgehead atoms. The van der Waals surface area contributed by atoms with Crippen molar-refractivity contribution in [1.82, 2.24) is 24.9 Å². The third-order valence-corrected chi connectivity index (χ3v) is 7.27. The number of rotatable bonds is 6. The first kappa shape index (κ1) is 16.5. The molecule has 0 spiro atoms. The minimum absolute atomic E-state index is 0.116. The molecule has 1 saturated carbocycles. The van der Waals surface area contributed by atoms with Gasteiger partial charge in [0.05, 0.1) is 12.6 Å². The Bertz CT molecular complexity index is 747. The minimum Gasteiger partial charge on any atom is -0.225 e. The molecule has 0 aliphatic heterocycles. The maximum atomic E-state index is 12.4. The number of aromatic nitrogens is 4. The van der Waals surface area contributed by atoms with Crippen LogP contribution >= 0.6 is 11.3 Å². The number of thiophene rings is 1. The van der Waals surface area contributed by atoms with Gasteiger partial charge in [-0.3, -0.25) is 0 Å². The summed E-state index contributed by atoms with van der Waals surface area (Å²) in [6, 6.07) is 3.79. The van der Waals surface area contributed by atoms with E-state index in [1.807, 2.05) is 13.0 Å². The SMILES string of the molecule is CCc1ccc(S(=O)(=O)NCc2nnnn2C2CCCCC2)s1. The lowest BCUT2D eigenvalue weighted by Gasteiger charge is -2.22.